The minimum absolute atomic E-state index is 0.0601. The molecule has 8 nitrogen and oxygen atoms in total. The number of carboxylic acid groups (broad SMARTS) is 1. The molecule has 3 aromatic rings. The number of nitriles is 1. The van der Waals surface area contributed by atoms with E-state index in [0.29, 0.717) is 22.7 Å². The van der Waals surface area contributed by atoms with Gasteiger partial charge in [-0.2, -0.15) is 5.26 Å². The van der Waals surface area contributed by atoms with E-state index in [9.17, 15) is 13.2 Å². The van der Waals surface area contributed by atoms with Gasteiger partial charge in [-0.25, -0.2) is 8.42 Å². The maximum atomic E-state index is 12.6. The second-order valence-electron chi connectivity index (χ2n) is 6.61. The third kappa shape index (κ3) is 6.00. The van der Waals surface area contributed by atoms with Gasteiger partial charge in [0.2, 0.25) is 0 Å². The number of carboxylic acids is 1. The van der Waals surface area contributed by atoms with E-state index < -0.39 is 16.0 Å². The Morgan fingerprint density at radius 1 is 0.938 bits per heavy atom. The summed E-state index contributed by atoms with van der Waals surface area (Å²) < 4.78 is 38.8. The number of anilines is 1. The molecule has 0 radical (unpaired) electrons. The molecular formula is C23H20N2O6S. The Bertz CT molecular complexity index is 1230. The molecule has 3 rings (SSSR count). The first kappa shape index (κ1) is 22.7. The van der Waals surface area contributed by atoms with Crippen LogP contribution >= 0.6 is 0 Å². The van der Waals surface area contributed by atoms with Crippen molar-refractivity contribution in [3.8, 4) is 17.6 Å². The molecule has 2 N–H and O–H groups in total. The Labute approximate surface area is 185 Å². The summed E-state index contributed by atoms with van der Waals surface area (Å²) in [7, 11) is -3.91. The molecule has 3 aromatic carbocycles. The zero-order chi connectivity index (χ0) is 23.0. The second-order valence-corrected chi connectivity index (χ2v) is 8.26. The van der Waals surface area contributed by atoms with Crippen LogP contribution in [0.5, 0.6) is 11.5 Å². The Kier molecular flexibility index (Phi) is 7.31. The van der Waals surface area contributed by atoms with Crippen LogP contribution in [0, 0.1) is 11.3 Å². The van der Waals surface area contributed by atoms with Crippen molar-refractivity contribution in [1.29, 1.82) is 5.26 Å². The molecule has 0 aromatic heterocycles. The molecule has 0 aliphatic heterocycles. The van der Waals surface area contributed by atoms with Gasteiger partial charge in [0, 0.05) is 11.3 Å². The van der Waals surface area contributed by atoms with Crippen LogP contribution in [0.15, 0.2) is 77.7 Å². The summed E-state index contributed by atoms with van der Waals surface area (Å²) >= 11 is 0. The van der Waals surface area contributed by atoms with Gasteiger partial charge in [-0.1, -0.05) is 30.3 Å². The lowest BCUT2D eigenvalue weighted by molar-refractivity contribution is -0.136. The van der Waals surface area contributed by atoms with Gasteiger partial charge in [0.25, 0.3) is 10.0 Å². The molecule has 0 fully saturated rings. The van der Waals surface area contributed by atoms with E-state index in [0.717, 1.165) is 0 Å². The number of hydrogen-bond donors (Lipinski definition) is 2. The molecular weight excluding hydrogens is 432 g/mol. The van der Waals surface area contributed by atoms with Crippen LogP contribution in [-0.2, 0) is 21.2 Å². The highest BCUT2D eigenvalue weighted by molar-refractivity contribution is 7.92. The van der Waals surface area contributed by atoms with E-state index in [1.807, 2.05) is 6.07 Å². The second kappa shape index (κ2) is 10.3. The molecule has 0 amide bonds. The molecule has 0 aliphatic rings. The lowest BCUT2D eigenvalue weighted by Crippen LogP contribution is -2.14. The number of hydrogen-bond acceptors (Lipinski definition) is 6. The van der Waals surface area contributed by atoms with Gasteiger partial charge in [-0.15, -0.1) is 0 Å². The van der Waals surface area contributed by atoms with Crippen LogP contribution in [0.1, 0.15) is 11.1 Å². The Hall–Kier alpha value is -4.03. The van der Waals surface area contributed by atoms with Crippen LogP contribution in [0.2, 0.25) is 0 Å². The van der Waals surface area contributed by atoms with Crippen LogP contribution in [0.4, 0.5) is 5.69 Å². The molecule has 0 atom stereocenters. The first-order valence-corrected chi connectivity index (χ1v) is 11.0. The summed E-state index contributed by atoms with van der Waals surface area (Å²) in [5.74, 6) is 0.0535. The van der Waals surface area contributed by atoms with Crippen molar-refractivity contribution in [1.82, 2.24) is 0 Å². The van der Waals surface area contributed by atoms with Crippen LogP contribution in [-0.4, -0.2) is 32.7 Å². The zero-order valence-corrected chi connectivity index (χ0v) is 17.7. The van der Waals surface area contributed by atoms with E-state index in [4.69, 9.17) is 19.8 Å². The Morgan fingerprint density at radius 2 is 1.59 bits per heavy atom. The van der Waals surface area contributed by atoms with Crippen molar-refractivity contribution >= 4 is 21.7 Å². The van der Waals surface area contributed by atoms with Crippen LogP contribution in [0.25, 0.3) is 0 Å². The van der Waals surface area contributed by atoms with Crippen LogP contribution < -0.4 is 14.2 Å². The number of para-hydroxylation sites is 1. The van der Waals surface area contributed by atoms with Gasteiger partial charge in [-0.3, -0.25) is 9.52 Å². The smallest absolute Gasteiger partial charge is 0.307 e. The van der Waals surface area contributed by atoms with Crippen molar-refractivity contribution in [2.75, 3.05) is 17.9 Å². The van der Waals surface area contributed by atoms with Gasteiger partial charge in [-0.05, 0) is 42.5 Å². The molecule has 0 saturated heterocycles. The topological polar surface area (TPSA) is 126 Å². The third-order valence-corrected chi connectivity index (χ3v) is 5.77. The standard InChI is InChI=1S/C23H20N2O6S/c24-16-18-6-2-4-8-22(18)32(28,29)25-19-9-11-20(12-10-19)30-13-14-31-21-7-3-1-5-17(21)15-23(26)27/h1-12,25H,13-15H2,(H,26,27). The number of nitrogens with zero attached hydrogens (tertiary/aromatic N) is 1. The minimum Gasteiger partial charge on any atom is -0.490 e. The summed E-state index contributed by atoms with van der Waals surface area (Å²) in [4.78, 5) is 10.8. The number of benzene rings is 3. The molecule has 0 bridgehead atoms. The number of rotatable bonds is 10. The first-order valence-electron chi connectivity index (χ1n) is 9.56. The van der Waals surface area contributed by atoms with Gasteiger partial charge in [0.15, 0.2) is 0 Å². The number of carbonyl (C=O) groups is 1. The Balaban J connectivity index is 1.55. The highest BCUT2D eigenvalue weighted by Crippen LogP contribution is 2.22. The van der Waals surface area contributed by atoms with Gasteiger partial charge in [0.1, 0.15) is 35.7 Å². The first-order chi connectivity index (χ1) is 15.4. The average Bonchev–Trinajstić information content (AvgIpc) is 2.78. The van der Waals surface area contributed by atoms with Crippen molar-refractivity contribution in [3.63, 3.8) is 0 Å². The van der Waals surface area contributed by atoms with Crippen molar-refractivity contribution < 1.29 is 27.8 Å². The fraction of sp³-hybridized carbons (Fsp3) is 0.130. The summed E-state index contributed by atoms with van der Waals surface area (Å²) in [5, 5.41) is 18.1. The third-order valence-electron chi connectivity index (χ3n) is 4.33. The highest BCUT2D eigenvalue weighted by Gasteiger charge is 2.18. The fourth-order valence-corrected chi connectivity index (χ4v) is 4.10. The maximum Gasteiger partial charge on any atom is 0.307 e. The molecule has 0 aliphatic carbocycles. The predicted octanol–water partition coefficient (Wildman–Crippen LogP) is 3.44. The molecule has 0 saturated carbocycles. The lowest BCUT2D eigenvalue weighted by Gasteiger charge is -2.12. The predicted molar refractivity (Wildman–Crippen MR) is 117 cm³/mol. The van der Waals surface area contributed by atoms with Crippen molar-refractivity contribution in [2.24, 2.45) is 0 Å². The van der Waals surface area contributed by atoms with Gasteiger partial charge < -0.3 is 14.6 Å². The van der Waals surface area contributed by atoms with E-state index >= 15 is 0 Å². The summed E-state index contributed by atoms with van der Waals surface area (Å²) in [6.45, 7) is 0.415. The average molecular weight is 452 g/mol. The monoisotopic (exact) mass is 452 g/mol. The van der Waals surface area contributed by atoms with E-state index in [2.05, 4.69) is 4.72 Å². The van der Waals surface area contributed by atoms with E-state index in [1.54, 1.807) is 60.7 Å². The molecule has 0 spiro atoms. The normalized spacial score (nSPS) is 10.7. The lowest BCUT2D eigenvalue weighted by atomic mass is 10.1. The van der Waals surface area contributed by atoms with Crippen molar-refractivity contribution in [2.45, 2.75) is 11.3 Å². The van der Waals surface area contributed by atoms with E-state index in [1.165, 1.54) is 12.1 Å². The fourth-order valence-electron chi connectivity index (χ4n) is 2.89. The zero-order valence-electron chi connectivity index (χ0n) is 16.9. The molecule has 0 unspecified atom stereocenters. The van der Waals surface area contributed by atoms with E-state index in [-0.39, 0.29) is 30.1 Å². The number of aliphatic carboxylic acids is 1. The Morgan fingerprint density at radius 3 is 2.31 bits per heavy atom. The number of nitrogens with one attached hydrogen (secondary N) is 1. The highest BCUT2D eigenvalue weighted by atomic mass is 32.2. The maximum absolute atomic E-state index is 12.6. The van der Waals surface area contributed by atoms with Crippen molar-refractivity contribution in [3.05, 3.63) is 83.9 Å². The minimum atomic E-state index is -3.91. The number of ether oxygens (including phenoxy) is 2. The van der Waals surface area contributed by atoms with Gasteiger partial charge in [0.05, 0.1) is 12.0 Å². The quantitative estimate of drug-likeness (QED) is 0.451. The molecule has 164 valence electrons. The SMILES string of the molecule is N#Cc1ccccc1S(=O)(=O)Nc1ccc(OCCOc2ccccc2CC(=O)O)cc1. The number of sulfonamides is 1. The molecule has 9 heteroatoms. The van der Waals surface area contributed by atoms with Gasteiger partial charge >= 0.3 is 5.97 Å². The summed E-state index contributed by atoms with van der Waals surface area (Å²) in [6, 6.07) is 21.0. The molecule has 0 heterocycles. The largest absolute Gasteiger partial charge is 0.490 e. The summed E-state index contributed by atoms with van der Waals surface area (Å²) in [6.07, 6.45) is -0.132. The summed E-state index contributed by atoms with van der Waals surface area (Å²) in [5.41, 5.74) is 0.962. The van der Waals surface area contributed by atoms with Crippen LogP contribution in [0.3, 0.4) is 0 Å². The molecule has 32 heavy (non-hydrogen) atoms.